The van der Waals surface area contributed by atoms with Gasteiger partial charge in [0.05, 0.1) is 12.3 Å². The van der Waals surface area contributed by atoms with E-state index in [2.05, 4.69) is 49.7 Å². The van der Waals surface area contributed by atoms with Crippen LogP contribution in [-0.2, 0) is 16.8 Å². The van der Waals surface area contributed by atoms with Crippen molar-refractivity contribution >= 4 is 17.7 Å². The van der Waals surface area contributed by atoms with E-state index in [0.29, 0.717) is 23.3 Å². The fourth-order valence-corrected chi connectivity index (χ4v) is 3.36. The van der Waals surface area contributed by atoms with Crippen LogP contribution in [0.4, 0.5) is 0 Å². The molecule has 1 aromatic heterocycles. The van der Waals surface area contributed by atoms with Crippen molar-refractivity contribution in [2.24, 2.45) is 0 Å². The van der Waals surface area contributed by atoms with E-state index >= 15 is 0 Å². The number of fused-ring (bicyclic) bond motifs is 1. The Morgan fingerprint density at radius 2 is 2.00 bits per heavy atom. The van der Waals surface area contributed by atoms with Crippen LogP contribution in [0.25, 0.3) is 0 Å². The van der Waals surface area contributed by atoms with E-state index in [9.17, 15) is 4.79 Å². The molecule has 6 nitrogen and oxygen atoms in total. The molecular weight excluding hydrogens is 336 g/mol. The van der Waals surface area contributed by atoms with E-state index in [1.54, 1.807) is 15.8 Å². The van der Waals surface area contributed by atoms with Gasteiger partial charge in [0.15, 0.2) is 5.82 Å². The Bertz CT molecular complexity index is 777. The van der Waals surface area contributed by atoms with Crippen LogP contribution in [0.1, 0.15) is 32.2 Å². The van der Waals surface area contributed by atoms with Gasteiger partial charge in [-0.05, 0) is 23.1 Å². The molecular formula is C18H22N4O2S. The summed E-state index contributed by atoms with van der Waals surface area (Å²) in [6.07, 6.45) is 1.69. The van der Waals surface area contributed by atoms with Crippen molar-refractivity contribution in [1.29, 1.82) is 0 Å². The Morgan fingerprint density at radius 1 is 1.28 bits per heavy atom. The summed E-state index contributed by atoms with van der Waals surface area (Å²) in [7, 11) is 0. The van der Waals surface area contributed by atoms with Crippen LogP contribution in [0.5, 0.6) is 5.75 Å². The molecule has 132 valence electrons. The normalized spacial score (nSPS) is 14.4. The van der Waals surface area contributed by atoms with Crippen molar-refractivity contribution in [3.05, 3.63) is 48.3 Å². The summed E-state index contributed by atoms with van der Waals surface area (Å²) >= 11 is 1.38. The molecule has 1 amide bonds. The van der Waals surface area contributed by atoms with Gasteiger partial charge < -0.3 is 4.74 Å². The van der Waals surface area contributed by atoms with E-state index in [0.717, 1.165) is 5.75 Å². The van der Waals surface area contributed by atoms with Gasteiger partial charge in [0.2, 0.25) is 5.16 Å². The van der Waals surface area contributed by atoms with Crippen LogP contribution < -0.4 is 9.75 Å². The second kappa shape index (κ2) is 6.92. The fraction of sp³-hybridized carbons (Fsp3) is 0.389. The van der Waals surface area contributed by atoms with Crippen LogP contribution in [0, 0.1) is 0 Å². The maximum atomic E-state index is 12.1. The predicted molar refractivity (Wildman–Crippen MR) is 98.5 cm³/mol. The standard InChI is InChI=1S/C18H22N4O2S/c1-5-10-21-16(23)12-25-17-20-19-15(22(17)21)11-24-14-8-6-13(7-9-14)18(2,3)4/h5-9H,1,10-12H2,2-4H3. The second-order valence-electron chi connectivity index (χ2n) is 6.83. The topological polar surface area (TPSA) is 60.3 Å². The highest BCUT2D eigenvalue weighted by Crippen LogP contribution is 2.26. The number of benzene rings is 1. The van der Waals surface area contributed by atoms with Crippen LogP contribution >= 0.6 is 11.8 Å². The zero-order valence-electron chi connectivity index (χ0n) is 14.7. The van der Waals surface area contributed by atoms with Gasteiger partial charge in [0, 0.05) is 0 Å². The maximum absolute atomic E-state index is 12.1. The number of carbonyl (C=O) groups is 1. The number of ether oxygens (including phenoxy) is 1. The van der Waals surface area contributed by atoms with Gasteiger partial charge >= 0.3 is 0 Å². The van der Waals surface area contributed by atoms with Crippen LogP contribution in [0.2, 0.25) is 0 Å². The number of carbonyl (C=O) groups excluding carboxylic acids is 1. The lowest BCUT2D eigenvalue weighted by atomic mass is 9.87. The first-order chi connectivity index (χ1) is 11.9. The number of thioether (sulfide) groups is 1. The first-order valence-electron chi connectivity index (χ1n) is 8.12. The first-order valence-corrected chi connectivity index (χ1v) is 9.10. The Hall–Kier alpha value is -2.28. The molecule has 2 heterocycles. The van der Waals surface area contributed by atoms with Crippen LogP contribution in [0.3, 0.4) is 0 Å². The molecule has 7 heteroatoms. The monoisotopic (exact) mass is 358 g/mol. The molecule has 0 unspecified atom stereocenters. The highest BCUT2D eigenvalue weighted by Gasteiger charge is 2.28. The summed E-state index contributed by atoms with van der Waals surface area (Å²) in [4.78, 5) is 12.1. The lowest BCUT2D eigenvalue weighted by Gasteiger charge is -2.27. The van der Waals surface area contributed by atoms with Crippen molar-refractivity contribution in [3.63, 3.8) is 0 Å². The molecule has 1 aromatic carbocycles. The van der Waals surface area contributed by atoms with Gasteiger partial charge in [0.25, 0.3) is 5.91 Å². The third kappa shape index (κ3) is 3.71. The minimum Gasteiger partial charge on any atom is -0.486 e. The minimum absolute atomic E-state index is 0.00739. The highest BCUT2D eigenvalue weighted by molar-refractivity contribution is 7.99. The van der Waals surface area contributed by atoms with Crippen molar-refractivity contribution in [1.82, 2.24) is 14.9 Å². The largest absolute Gasteiger partial charge is 0.486 e. The van der Waals surface area contributed by atoms with Crippen LogP contribution in [-0.4, -0.2) is 33.1 Å². The fourth-order valence-electron chi connectivity index (χ4n) is 2.54. The Labute approximate surface area is 151 Å². The summed E-state index contributed by atoms with van der Waals surface area (Å²) in [5.74, 6) is 1.72. The number of nitrogens with zero attached hydrogens (tertiary/aromatic N) is 4. The van der Waals surface area contributed by atoms with Gasteiger partial charge in [-0.15, -0.1) is 16.8 Å². The van der Waals surface area contributed by atoms with Crippen molar-refractivity contribution in [3.8, 4) is 5.75 Å². The molecule has 0 atom stereocenters. The molecule has 25 heavy (non-hydrogen) atoms. The molecule has 2 aromatic rings. The summed E-state index contributed by atoms with van der Waals surface area (Å²) in [6.45, 7) is 10.9. The third-order valence-corrected chi connectivity index (χ3v) is 4.83. The summed E-state index contributed by atoms with van der Waals surface area (Å²) in [5, 5.41) is 10.6. The highest BCUT2D eigenvalue weighted by atomic mass is 32.2. The van der Waals surface area contributed by atoms with Gasteiger partial charge in [-0.3, -0.25) is 4.79 Å². The minimum atomic E-state index is 0.00739. The molecule has 0 bridgehead atoms. The van der Waals surface area contributed by atoms with Gasteiger partial charge in [-0.2, -0.15) is 0 Å². The smallest absolute Gasteiger partial charge is 0.252 e. The van der Waals surface area contributed by atoms with E-state index in [1.807, 2.05) is 12.1 Å². The van der Waals surface area contributed by atoms with E-state index in [4.69, 9.17) is 4.74 Å². The van der Waals surface area contributed by atoms with E-state index < -0.39 is 0 Å². The van der Waals surface area contributed by atoms with Crippen LogP contribution in [0.15, 0.2) is 42.1 Å². The average molecular weight is 358 g/mol. The third-order valence-electron chi connectivity index (χ3n) is 3.92. The molecule has 3 rings (SSSR count). The maximum Gasteiger partial charge on any atom is 0.252 e. The van der Waals surface area contributed by atoms with E-state index in [1.165, 1.54) is 17.3 Å². The molecule has 0 saturated heterocycles. The van der Waals surface area contributed by atoms with Crippen molar-refractivity contribution in [2.45, 2.75) is 37.9 Å². The average Bonchev–Trinajstić information content (AvgIpc) is 2.98. The molecule has 0 fully saturated rings. The molecule has 0 saturated carbocycles. The molecule has 1 aliphatic heterocycles. The Balaban J connectivity index is 1.75. The van der Waals surface area contributed by atoms with Gasteiger partial charge in [-0.1, -0.05) is 50.7 Å². The SMILES string of the molecule is C=CCN1C(=O)CSc2nnc(COc3ccc(C(C)(C)C)cc3)n21. The number of amides is 1. The zero-order chi connectivity index (χ0) is 18.0. The molecule has 0 aliphatic carbocycles. The number of hydrogen-bond acceptors (Lipinski definition) is 5. The Kier molecular flexibility index (Phi) is 4.85. The van der Waals surface area contributed by atoms with Gasteiger partial charge in [0.1, 0.15) is 12.4 Å². The summed E-state index contributed by atoms with van der Waals surface area (Å²) in [5.41, 5.74) is 1.35. The van der Waals surface area contributed by atoms with Crippen molar-refractivity contribution in [2.75, 3.05) is 17.3 Å². The first kappa shape index (κ1) is 17.5. The Morgan fingerprint density at radius 3 is 2.64 bits per heavy atom. The molecule has 0 spiro atoms. The lowest BCUT2D eigenvalue weighted by Crippen LogP contribution is -2.45. The zero-order valence-corrected chi connectivity index (χ0v) is 15.5. The predicted octanol–water partition coefficient (Wildman–Crippen LogP) is 2.91. The molecule has 0 radical (unpaired) electrons. The second-order valence-corrected chi connectivity index (χ2v) is 7.77. The number of hydrogen-bond donors (Lipinski definition) is 0. The molecule has 1 aliphatic rings. The van der Waals surface area contributed by atoms with Crippen molar-refractivity contribution < 1.29 is 9.53 Å². The summed E-state index contributed by atoms with van der Waals surface area (Å²) in [6, 6.07) is 8.04. The lowest BCUT2D eigenvalue weighted by molar-refractivity contribution is -0.117. The number of rotatable bonds is 5. The quantitative estimate of drug-likeness (QED) is 0.769. The van der Waals surface area contributed by atoms with Gasteiger partial charge in [-0.25, -0.2) is 9.69 Å². The summed E-state index contributed by atoms with van der Waals surface area (Å²) < 4.78 is 7.57. The molecule has 0 N–H and O–H groups in total. The number of aromatic nitrogens is 3. The van der Waals surface area contributed by atoms with E-state index in [-0.39, 0.29) is 17.9 Å².